The Morgan fingerprint density at radius 2 is 2.06 bits per heavy atom. The number of hydrogen-bond acceptors (Lipinski definition) is 3. The number of nitrogens with two attached hydrogens (primary N) is 1. The van der Waals surface area contributed by atoms with Crippen molar-refractivity contribution in [2.75, 3.05) is 19.4 Å². The molecule has 5 nitrogen and oxygen atoms in total. The summed E-state index contributed by atoms with van der Waals surface area (Å²) < 4.78 is 22.2. The van der Waals surface area contributed by atoms with Crippen molar-refractivity contribution in [1.29, 1.82) is 0 Å². The van der Waals surface area contributed by atoms with E-state index in [1.807, 2.05) is 0 Å². The quantitative estimate of drug-likeness (QED) is 0.760. The van der Waals surface area contributed by atoms with E-state index < -0.39 is 10.0 Å². The Labute approximate surface area is 100 Å². The standard InChI is InChI=1S/C9H13N3O2S2/c1-12(2)9(15)11-7-4-3-5-8(6-7)16(10,13)14/h3-6H,1-2H3,(H,11,15)(H2,10,13,14). The van der Waals surface area contributed by atoms with Crippen LogP contribution in [0.25, 0.3) is 0 Å². The van der Waals surface area contributed by atoms with Gasteiger partial charge in [-0.25, -0.2) is 13.6 Å². The van der Waals surface area contributed by atoms with Crippen molar-refractivity contribution in [2.45, 2.75) is 4.90 Å². The molecular weight excluding hydrogens is 246 g/mol. The van der Waals surface area contributed by atoms with Crippen LogP contribution in [0.2, 0.25) is 0 Å². The average molecular weight is 259 g/mol. The van der Waals surface area contributed by atoms with E-state index in [0.29, 0.717) is 10.8 Å². The molecule has 16 heavy (non-hydrogen) atoms. The fourth-order valence-corrected chi connectivity index (χ4v) is 1.66. The lowest BCUT2D eigenvalue weighted by Gasteiger charge is -2.15. The summed E-state index contributed by atoms with van der Waals surface area (Å²) in [4.78, 5) is 1.76. The lowest BCUT2D eigenvalue weighted by atomic mass is 10.3. The molecule has 0 saturated carbocycles. The number of nitrogens with one attached hydrogen (secondary N) is 1. The van der Waals surface area contributed by atoms with E-state index in [0.717, 1.165) is 0 Å². The molecule has 0 atom stereocenters. The first-order valence-electron chi connectivity index (χ1n) is 4.42. The highest BCUT2D eigenvalue weighted by molar-refractivity contribution is 7.89. The van der Waals surface area contributed by atoms with Crippen LogP contribution >= 0.6 is 12.2 Å². The predicted octanol–water partition coefficient (Wildman–Crippen LogP) is 0.592. The molecule has 0 aliphatic carbocycles. The van der Waals surface area contributed by atoms with E-state index in [2.05, 4.69) is 5.32 Å². The van der Waals surface area contributed by atoms with Crippen LogP contribution in [0.5, 0.6) is 0 Å². The maximum Gasteiger partial charge on any atom is 0.238 e. The molecule has 88 valence electrons. The highest BCUT2D eigenvalue weighted by Gasteiger charge is 2.08. The number of benzene rings is 1. The lowest BCUT2D eigenvalue weighted by Crippen LogP contribution is -2.27. The van der Waals surface area contributed by atoms with Crippen molar-refractivity contribution < 1.29 is 8.42 Å². The molecule has 0 radical (unpaired) electrons. The fourth-order valence-electron chi connectivity index (χ4n) is 0.986. The molecule has 0 heterocycles. The number of hydrogen-bond donors (Lipinski definition) is 2. The van der Waals surface area contributed by atoms with Gasteiger partial charge in [0.2, 0.25) is 10.0 Å². The minimum Gasteiger partial charge on any atom is -0.355 e. The van der Waals surface area contributed by atoms with Gasteiger partial charge in [-0.05, 0) is 30.4 Å². The maximum atomic E-state index is 11.1. The minimum absolute atomic E-state index is 0.0547. The first-order chi connectivity index (χ1) is 7.30. The summed E-state index contributed by atoms with van der Waals surface area (Å²) in [7, 11) is -0.0972. The van der Waals surface area contributed by atoms with Crippen LogP contribution in [0, 0.1) is 0 Å². The van der Waals surface area contributed by atoms with Gasteiger partial charge in [-0.2, -0.15) is 0 Å². The third kappa shape index (κ3) is 3.44. The van der Waals surface area contributed by atoms with Gasteiger partial charge in [-0.3, -0.25) is 0 Å². The average Bonchev–Trinajstić information content (AvgIpc) is 2.16. The second kappa shape index (κ2) is 4.77. The number of nitrogens with zero attached hydrogens (tertiary/aromatic N) is 1. The van der Waals surface area contributed by atoms with Crippen molar-refractivity contribution in [3.63, 3.8) is 0 Å². The molecule has 7 heteroatoms. The van der Waals surface area contributed by atoms with Gasteiger partial charge in [0.1, 0.15) is 0 Å². The van der Waals surface area contributed by atoms with Crippen LogP contribution in [-0.2, 0) is 10.0 Å². The molecular formula is C9H13N3O2S2. The van der Waals surface area contributed by atoms with Gasteiger partial charge < -0.3 is 10.2 Å². The second-order valence-corrected chi connectivity index (χ2v) is 5.35. The Morgan fingerprint density at radius 1 is 1.44 bits per heavy atom. The summed E-state index contributed by atoms with van der Waals surface area (Å²) in [5.74, 6) is 0. The summed E-state index contributed by atoms with van der Waals surface area (Å²) in [6.07, 6.45) is 0. The zero-order valence-electron chi connectivity index (χ0n) is 8.97. The van der Waals surface area contributed by atoms with E-state index in [9.17, 15) is 8.42 Å². The van der Waals surface area contributed by atoms with E-state index in [4.69, 9.17) is 17.4 Å². The lowest BCUT2D eigenvalue weighted by molar-refractivity contribution is 0.598. The molecule has 0 aromatic heterocycles. The van der Waals surface area contributed by atoms with Crippen LogP contribution in [0.4, 0.5) is 5.69 Å². The van der Waals surface area contributed by atoms with Crippen LogP contribution in [0.15, 0.2) is 29.2 Å². The van der Waals surface area contributed by atoms with Gasteiger partial charge >= 0.3 is 0 Å². The first kappa shape index (κ1) is 12.9. The summed E-state index contributed by atoms with van der Waals surface area (Å²) in [5.41, 5.74) is 0.588. The Hall–Kier alpha value is -1.18. The molecule has 0 aliphatic rings. The topological polar surface area (TPSA) is 75.4 Å². The van der Waals surface area contributed by atoms with Crippen molar-refractivity contribution >= 4 is 33.0 Å². The first-order valence-corrected chi connectivity index (χ1v) is 6.37. The number of primary sulfonamides is 1. The van der Waals surface area contributed by atoms with Crippen LogP contribution in [0.3, 0.4) is 0 Å². The highest BCUT2D eigenvalue weighted by atomic mass is 32.2. The molecule has 1 aromatic carbocycles. The molecule has 0 unspecified atom stereocenters. The molecule has 0 fully saturated rings. The Kier molecular flexibility index (Phi) is 3.84. The molecule has 0 saturated heterocycles. The molecule has 0 aliphatic heterocycles. The maximum absolute atomic E-state index is 11.1. The van der Waals surface area contributed by atoms with Crippen LogP contribution in [-0.4, -0.2) is 32.5 Å². The Bertz CT molecular complexity index is 497. The number of sulfonamides is 1. The van der Waals surface area contributed by atoms with Gasteiger partial charge in [-0.15, -0.1) is 0 Å². The third-order valence-corrected chi connectivity index (χ3v) is 3.20. The number of anilines is 1. The fraction of sp³-hybridized carbons (Fsp3) is 0.222. The monoisotopic (exact) mass is 259 g/mol. The van der Waals surface area contributed by atoms with Crippen molar-refractivity contribution in [3.8, 4) is 0 Å². The summed E-state index contributed by atoms with van der Waals surface area (Å²) in [6.45, 7) is 0. The van der Waals surface area contributed by atoms with E-state index in [1.165, 1.54) is 12.1 Å². The normalized spacial score (nSPS) is 10.9. The summed E-state index contributed by atoms with van der Waals surface area (Å²) in [5, 5.41) is 8.40. The van der Waals surface area contributed by atoms with Crippen molar-refractivity contribution in [1.82, 2.24) is 4.90 Å². The molecule has 0 spiro atoms. The van der Waals surface area contributed by atoms with Gasteiger partial charge in [0.15, 0.2) is 5.11 Å². The van der Waals surface area contributed by atoms with Gasteiger partial charge in [0.05, 0.1) is 4.90 Å². The third-order valence-electron chi connectivity index (χ3n) is 1.82. The molecule has 3 N–H and O–H groups in total. The van der Waals surface area contributed by atoms with Crippen molar-refractivity contribution in [2.24, 2.45) is 5.14 Å². The van der Waals surface area contributed by atoms with E-state index in [-0.39, 0.29) is 4.90 Å². The van der Waals surface area contributed by atoms with Crippen LogP contribution in [0.1, 0.15) is 0 Å². The van der Waals surface area contributed by atoms with E-state index >= 15 is 0 Å². The smallest absolute Gasteiger partial charge is 0.238 e. The highest BCUT2D eigenvalue weighted by Crippen LogP contribution is 2.14. The zero-order chi connectivity index (χ0) is 12.3. The minimum atomic E-state index is -3.68. The van der Waals surface area contributed by atoms with Gasteiger partial charge in [-0.1, -0.05) is 6.07 Å². The summed E-state index contributed by atoms with van der Waals surface area (Å²) in [6, 6.07) is 6.18. The van der Waals surface area contributed by atoms with E-state index in [1.54, 1.807) is 31.1 Å². The molecule has 0 amide bonds. The largest absolute Gasteiger partial charge is 0.355 e. The molecule has 1 aromatic rings. The Morgan fingerprint density at radius 3 is 2.56 bits per heavy atom. The predicted molar refractivity (Wildman–Crippen MR) is 67.7 cm³/mol. The van der Waals surface area contributed by atoms with Gasteiger partial charge in [0, 0.05) is 19.8 Å². The van der Waals surface area contributed by atoms with Crippen molar-refractivity contribution in [3.05, 3.63) is 24.3 Å². The van der Waals surface area contributed by atoms with Crippen LogP contribution < -0.4 is 10.5 Å². The zero-order valence-corrected chi connectivity index (χ0v) is 10.6. The molecule has 1 rings (SSSR count). The number of thiocarbonyl (C=S) groups is 1. The molecule has 0 bridgehead atoms. The number of rotatable bonds is 2. The second-order valence-electron chi connectivity index (χ2n) is 3.40. The Balaban J connectivity index is 2.96. The van der Waals surface area contributed by atoms with Gasteiger partial charge in [0.25, 0.3) is 0 Å². The summed E-state index contributed by atoms with van der Waals surface area (Å²) >= 11 is 5.03. The SMILES string of the molecule is CN(C)C(=S)Nc1cccc(S(N)(=O)=O)c1.